The first-order valence-corrected chi connectivity index (χ1v) is 5.50. The molecule has 0 fully saturated rings. The van der Waals surface area contributed by atoms with Gasteiger partial charge in [-0.25, -0.2) is 0 Å². The van der Waals surface area contributed by atoms with Crippen LogP contribution in [-0.4, -0.2) is 29.5 Å². The van der Waals surface area contributed by atoms with Crippen molar-refractivity contribution in [2.45, 2.75) is 26.5 Å². The lowest BCUT2D eigenvalue weighted by atomic mass is 10.3. The zero-order chi connectivity index (χ0) is 10.6. The fourth-order valence-corrected chi connectivity index (χ4v) is 2.19. The van der Waals surface area contributed by atoms with Crippen LogP contribution in [0.4, 0.5) is 0 Å². The van der Waals surface area contributed by atoms with Crippen LogP contribution in [-0.2, 0) is 6.54 Å². The summed E-state index contributed by atoms with van der Waals surface area (Å²) in [5, 5.41) is 20.8. The van der Waals surface area contributed by atoms with E-state index in [-0.39, 0.29) is 6.61 Å². The molecule has 14 heavy (non-hydrogen) atoms. The molecule has 0 saturated carbocycles. The quantitative estimate of drug-likeness (QED) is 0.681. The Hall–Kier alpha value is -0.420. The van der Waals surface area contributed by atoms with Gasteiger partial charge in [0, 0.05) is 22.8 Å². The largest absolute Gasteiger partial charge is 0.394 e. The summed E-state index contributed by atoms with van der Waals surface area (Å²) in [6.07, 6.45) is -0.655. The molecule has 0 radical (unpaired) electrons. The number of hydrogen-bond donors (Lipinski definition) is 3. The molecule has 80 valence electrons. The molecule has 1 atom stereocenters. The first-order chi connectivity index (χ1) is 6.63. The third-order valence-electron chi connectivity index (χ3n) is 2.11. The van der Waals surface area contributed by atoms with Crippen molar-refractivity contribution < 1.29 is 10.2 Å². The predicted molar refractivity (Wildman–Crippen MR) is 58.6 cm³/mol. The van der Waals surface area contributed by atoms with Crippen LogP contribution in [0.25, 0.3) is 0 Å². The smallest absolute Gasteiger partial charge is 0.0895 e. The molecule has 1 aromatic heterocycles. The second-order valence-corrected chi connectivity index (χ2v) is 4.76. The Labute approximate surface area is 88.4 Å². The summed E-state index contributed by atoms with van der Waals surface area (Å²) < 4.78 is 0. The van der Waals surface area contributed by atoms with Gasteiger partial charge in [0.2, 0.25) is 0 Å². The Morgan fingerprint density at radius 3 is 2.71 bits per heavy atom. The normalized spacial score (nSPS) is 13.1. The van der Waals surface area contributed by atoms with Gasteiger partial charge in [0.25, 0.3) is 0 Å². The molecule has 0 aromatic carbocycles. The summed E-state index contributed by atoms with van der Waals surface area (Å²) in [4.78, 5) is 2.61. The SMILES string of the molecule is Cc1cc(CNCC(O)CO)sc1C. The zero-order valence-corrected chi connectivity index (χ0v) is 9.40. The Morgan fingerprint density at radius 1 is 1.50 bits per heavy atom. The van der Waals surface area contributed by atoms with E-state index in [0.717, 1.165) is 6.54 Å². The third-order valence-corrected chi connectivity index (χ3v) is 3.26. The highest BCUT2D eigenvalue weighted by atomic mass is 32.1. The Morgan fingerprint density at radius 2 is 2.21 bits per heavy atom. The minimum absolute atomic E-state index is 0.185. The fourth-order valence-electron chi connectivity index (χ4n) is 1.16. The molecule has 0 bridgehead atoms. The number of nitrogens with one attached hydrogen (secondary N) is 1. The molecule has 0 aliphatic heterocycles. The van der Waals surface area contributed by atoms with Gasteiger partial charge < -0.3 is 15.5 Å². The van der Waals surface area contributed by atoms with E-state index < -0.39 is 6.10 Å². The summed E-state index contributed by atoms with van der Waals surface area (Å²) in [5.41, 5.74) is 1.31. The number of rotatable bonds is 5. The van der Waals surface area contributed by atoms with E-state index in [1.54, 1.807) is 11.3 Å². The lowest BCUT2D eigenvalue weighted by molar-refractivity contribution is 0.0943. The Kier molecular flexibility index (Phi) is 4.54. The molecule has 0 spiro atoms. The summed E-state index contributed by atoms with van der Waals surface area (Å²) in [5.74, 6) is 0. The molecule has 0 saturated heterocycles. The Bertz CT molecular complexity index is 266. The van der Waals surface area contributed by atoms with Crippen LogP contribution in [0.1, 0.15) is 15.3 Å². The van der Waals surface area contributed by atoms with Crippen molar-refractivity contribution in [3.63, 3.8) is 0 Å². The molecule has 3 N–H and O–H groups in total. The van der Waals surface area contributed by atoms with Gasteiger partial charge in [0.1, 0.15) is 0 Å². The van der Waals surface area contributed by atoms with E-state index >= 15 is 0 Å². The molecule has 3 nitrogen and oxygen atoms in total. The first kappa shape index (κ1) is 11.7. The van der Waals surface area contributed by atoms with Crippen molar-refractivity contribution in [3.05, 3.63) is 21.4 Å². The van der Waals surface area contributed by atoms with E-state index in [4.69, 9.17) is 10.2 Å². The van der Waals surface area contributed by atoms with Crippen molar-refractivity contribution in [2.75, 3.05) is 13.2 Å². The van der Waals surface area contributed by atoms with E-state index in [1.165, 1.54) is 15.3 Å². The van der Waals surface area contributed by atoms with Gasteiger partial charge in [-0.15, -0.1) is 11.3 Å². The van der Waals surface area contributed by atoms with Crippen LogP contribution in [0.3, 0.4) is 0 Å². The average molecular weight is 215 g/mol. The van der Waals surface area contributed by atoms with Crippen LogP contribution in [0, 0.1) is 13.8 Å². The predicted octanol–water partition coefficient (Wildman–Crippen LogP) is 0.808. The molecule has 1 unspecified atom stereocenters. The molecule has 1 heterocycles. The number of aliphatic hydroxyl groups excluding tert-OH is 2. The highest BCUT2D eigenvalue weighted by Crippen LogP contribution is 2.19. The molecule has 1 rings (SSSR count). The van der Waals surface area contributed by atoms with Crippen molar-refractivity contribution in [3.8, 4) is 0 Å². The molecular weight excluding hydrogens is 198 g/mol. The molecule has 1 aromatic rings. The van der Waals surface area contributed by atoms with Gasteiger partial charge in [-0.3, -0.25) is 0 Å². The average Bonchev–Trinajstić information content (AvgIpc) is 2.46. The van der Waals surface area contributed by atoms with Crippen LogP contribution < -0.4 is 5.32 Å². The lowest BCUT2D eigenvalue weighted by Crippen LogP contribution is -2.28. The van der Waals surface area contributed by atoms with Gasteiger partial charge in [0.15, 0.2) is 0 Å². The van der Waals surface area contributed by atoms with Crippen molar-refractivity contribution in [1.29, 1.82) is 0 Å². The number of hydrogen-bond acceptors (Lipinski definition) is 4. The van der Waals surface area contributed by atoms with Gasteiger partial charge >= 0.3 is 0 Å². The van der Waals surface area contributed by atoms with Crippen molar-refractivity contribution in [2.24, 2.45) is 0 Å². The van der Waals surface area contributed by atoms with E-state index in [9.17, 15) is 0 Å². The number of thiophene rings is 1. The van der Waals surface area contributed by atoms with Crippen molar-refractivity contribution >= 4 is 11.3 Å². The molecule has 0 aliphatic carbocycles. The van der Waals surface area contributed by atoms with Crippen LogP contribution in [0.2, 0.25) is 0 Å². The number of aliphatic hydroxyl groups is 2. The summed E-state index contributed by atoms with van der Waals surface area (Å²) in [6.45, 7) is 5.21. The summed E-state index contributed by atoms with van der Waals surface area (Å²) in [6, 6.07) is 2.15. The highest BCUT2D eigenvalue weighted by molar-refractivity contribution is 7.12. The van der Waals surface area contributed by atoms with Gasteiger partial charge in [-0.05, 0) is 25.5 Å². The first-order valence-electron chi connectivity index (χ1n) is 4.69. The molecule has 4 heteroatoms. The van der Waals surface area contributed by atoms with Crippen LogP contribution in [0.5, 0.6) is 0 Å². The Balaban J connectivity index is 2.31. The summed E-state index contributed by atoms with van der Waals surface area (Å²) in [7, 11) is 0. The van der Waals surface area contributed by atoms with E-state index in [0.29, 0.717) is 6.54 Å². The van der Waals surface area contributed by atoms with Crippen LogP contribution in [0.15, 0.2) is 6.07 Å². The minimum Gasteiger partial charge on any atom is -0.394 e. The lowest BCUT2D eigenvalue weighted by Gasteiger charge is -2.07. The van der Waals surface area contributed by atoms with Crippen molar-refractivity contribution in [1.82, 2.24) is 5.32 Å². The molecular formula is C10H17NO2S. The second kappa shape index (κ2) is 5.46. The third kappa shape index (κ3) is 3.38. The monoisotopic (exact) mass is 215 g/mol. The maximum Gasteiger partial charge on any atom is 0.0895 e. The standard InChI is InChI=1S/C10H17NO2S/c1-7-3-10(14-8(7)2)5-11-4-9(13)6-12/h3,9,11-13H,4-6H2,1-2H3. The van der Waals surface area contributed by atoms with Gasteiger partial charge in [0.05, 0.1) is 12.7 Å². The number of aryl methyl sites for hydroxylation is 2. The minimum atomic E-state index is -0.655. The van der Waals surface area contributed by atoms with E-state index in [2.05, 4.69) is 25.2 Å². The second-order valence-electron chi connectivity index (χ2n) is 3.42. The van der Waals surface area contributed by atoms with Gasteiger partial charge in [-0.2, -0.15) is 0 Å². The zero-order valence-electron chi connectivity index (χ0n) is 8.58. The topological polar surface area (TPSA) is 52.5 Å². The highest BCUT2D eigenvalue weighted by Gasteiger charge is 2.03. The van der Waals surface area contributed by atoms with E-state index in [1.807, 2.05) is 0 Å². The fraction of sp³-hybridized carbons (Fsp3) is 0.600. The van der Waals surface area contributed by atoms with Crippen LogP contribution >= 0.6 is 11.3 Å². The maximum atomic E-state index is 9.09. The molecule has 0 amide bonds. The maximum absolute atomic E-state index is 9.09. The van der Waals surface area contributed by atoms with Gasteiger partial charge in [-0.1, -0.05) is 0 Å². The molecule has 0 aliphatic rings. The summed E-state index contributed by atoms with van der Waals surface area (Å²) >= 11 is 1.77.